The number of carboxylic acids is 1. The minimum Gasteiger partial charge on any atom is -0.481 e. The van der Waals surface area contributed by atoms with E-state index in [1.807, 2.05) is 18.2 Å². The summed E-state index contributed by atoms with van der Waals surface area (Å²) < 4.78 is 10.7. The van der Waals surface area contributed by atoms with Crippen molar-refractivity contribution >= 4 is 23.2 Å². The van der Waals surface area contributed by atoms with Crippen LogP contribution in [0.5, 0.6) is 11.5 Å². The van der Waals surface area contributed by atoms with Crippen molar-refractivity contribution in [1.29, 1.82) is 0 Å². The van der Waals surface area contributed by atoms with Gasteiger partial charge in [0, 0.05) is 18.5 Å². The number of unbranched alkanes of at least 4 members (excludes halogenated alkanes) is 4. The smallest absolute Gasteiger partial charge is 0.303 e. The van der Waals surface area contributed by atoms with Gasteiger partial charge in [-0.1, -0.05) is 19.3 Å². The molecule has 2 aromatic rings. The third kappa shape index (κ3) is 5.43. The molecule has 0 unspecified atom stereocenters. The van der Waals surface area contributed by atoms with Crippen LogP contribution in [0.1, 0.15) is 48.2 Å². The lowest BCUT2D eigenvalue weighted by atomic mass is 10.1. The topological polar surface area (TPSA) is 97.8 Å². The second-order valence-corrected chi connectivity index (χ2v) is 7.30. The lowest BCUT2D eigenvalue weighted by molar-refractivity contribution is -0.137. The van der Waals surface area contributed by atoms with Crippen LogP contribution in [0.15, 0.2) is 24.4 Å². The quantitative estimate of drug-likeness (QED) is 0.601. The Labute approximate surface area is 161 Å². The number of fused-ring (bicyclic) bond motifs is 1. The van der Waals surface area contributed by atoms with Crippen molar-refractivity contribution in [3.63, 3.8) is 0 Å². The summed E-state index contributed by atoms with van der Waals surface area (Å²) in [7, 11) is 0. The number of hydrogen-bond donors (Lipinski definition) is 2. The van der Waals surface area contributed by atoms with Crippen LogP contribution >= 0.6 is 11.3 Å². The molecular formula is C19H22N2O5S. The molecule has 0 atom stereocenters. The summed E-state index contributed by atoms with van der Waals surface area (Å²) in [4.78, 5) is 27.6. The van der Waals surface area contributed by atoms with Crippen LogP contribution in [0, 0.1) is 0 Å². The van der Waals surface area contributed by atoms with E-state index in [0.717, 1.165) is 42.0 Å². The molecule has 0 bridgehead atoms. The van der Waals surface area contributed by atoms with Gasteiger partial charge in [0.05, 0.1) is 6.20 Å². The Morgan fingerprint density at radius 3 is 2.74 bits per heavy atom. The highest BCUT2D eigenvalue weighted by Crippen LogP contribution is 2.36. The Bertz CT molecular complexity index is 805. The predicted octanol–water partition coefficient (Wildman–Crippen LogP) is 3.69. The van der Waals surface area contributed by atoms with Gasteiger partial charge in [0.15, 0.2) is 11.5 Å². The third-order valence-electron chi connectivity index (χ3n) is 4.20. The van der Waals surface area contributed by atoms with Gasteiger partial charge < -0.3 is 19.9 Å². The first-order valence-electron chi connectivity index (χ1n) is 8.99. The van der Waals surface area contributed by atoms with Crippen molar-refractivity contribution in [2.45, 2.75) is 38.5 Å². The van der Waals surface area contributed by atoms with E-state index in [1.165, 1.54) is 11.3 Å². The number of amides is 1. The van der Waals surface area contributed by atoms with Gasteiger partial charge in [0.2, 0.25) is 6.79 Å². The molecule has 1 amide bonds. The van der Waals surface area contributed by atoms with Crippen LogP contribution in [0.4, 0.5) is 0 Å². The summed E-state index contributed by atoms with van der Waals surface area (Å²) >= 11 is 1.34. The predicted molar refractivity (Wildman–Crippen MR) is 101 cm³/mol. The van der Waals surface area contributed by atoms with E-state index in [2.05, 4.69) is 10.3 Å². The number of rotatable bonds is 10. The van der Waals surface area contributed by atoms with E-state index in [-0.39, 0.29) is 19.1 Å². The molecule has 2 N–H and O–H groups in total. The van der Waals surface area contributed by atoms with Gasteiger partial charge in [-0.15, -0.1) is 11.3 Å². The Morgan fingerprint density at radius 2 is 1.89 bits per heavy atom. The van der Waals surface area contributed by atoms with Gasteiger partial charge in [0.25, 0.3) is 5.91 Å². The standard InChI is InChI=1S/C19H22N2O5S/c22-17(23)6-4-2-1-3-5-9-20-18(24)16-11-21-19(27-16)13-7-8-14-15(10-13)26-12-25-14/h7-8,10-11H,1-6,9,12H2,(H,20,24)(H,22,23). The highest BCUT2D eigenvalue weighted by Gasteiger charge is 2.16. The van der Waals surface area contributed by atoms with E-state index in [0.29, 0.717) is 23.6 Å². The van der Waals surface area contributed by atoms with Gasteiger partial charge in [-0.05, 0) is 31.0 Å². The summed E-state index contributed by atoms with van der Waals surface area (Å²) in [6, 6.07) is 5.61. The van der Waals surface area contributed by atoms with Crippen LogP contribution in [0.2, 0.25) is 0 Å². The lowest BCUT2D eigenvalue weighted by Crippen LogP contribution is -2.23. The van der Waals surface area contributed by atoms with Crippen molar-refractivity contribution < 1.29 is 24.2 Å². The number of benzene rings is 1. The first kappa shape index (κ1) is 19.2. The second-order valence-electron chi connectivity index (χ2n) is 6.27. The van der Waals surface area contributed by atoms with Gasteiger partial charge >= 0.3 is 5.97 Å². The Balaban J connectivity index is 1.40. The summed E-state index contributed by atoms with van der Waals surface area (Å²) in [5.74, 6) is 0.547. The Hall–Kier alpha value is -2.61. The van der Waals surface area contributed by atoms with Gasteiger partial charge in [-0.25, -0.2) is 4.98 Å². The fourth-order valence-corrected chi connectivity index (χ4v) is 3.59. The molecule has 0 saturated carbocycles. The molecule has 1 aliphatic heterocycles. The van der Waals surface area contributed by atoms with Crippen LogP contribution in [-0.4, -0.2) is 35.3 Å². The molecule has 1 aromatic carbocycles. The monoisotopic (exact) mass is 390 g/mol. The summed E-state index contributed by atoms with van der Waals surface area (Å²) in [6.45, 7) is 0.832. The molecule has 2 heterocycles. The summed E-state index contributed by atoms with van der Waals surface area (Å²) in [5.41, 5.74) is 0.893. The van der Waals surface area contributed by atoms with Crippen LogP contribution in [-0.2, 0) is 4.79 Å². The van der Waals surface area contributed by atoms with Gasteiger partial charge in [0.1, 0.15) is 9.88 Å². The number of aliphatic carboxylic acids is 1. The summed E-state index contributed by atoms with van der Waals surface area (Å²) in [6.07, 6.45) is 6.29. The zero-order valence-electron chi connectivity index (χ0n) is 14.9. The molecule has 0 saturated heterocycles. The molecule has 8 heteroatoms. The van der Waals surface area contributed by atoms with Crippen LogP contribution in [0.25, 0.3) is 10.6 Å². The molecule has 0 radical (unpaired) electrons. The number of carboxylic acid groups (broad SMARTS) is 1. The Morgan fingerprint density at radius 1 is 1.11 bits per heavy atom. The van der Waals surface area contributed by atoms with E-state index >= 15 is 0 Å². The zero-order valence-corrected chi connectivity index (χ0v) is 15.7. The zero-order chi connectivity index (χ0) is 19.1. The van der Waals surface area contributed by atoms with E-state index in [4.69, 9.17) is 14.6 Å². The van der Waals surface area contributed by atoms with E-state index in [1.54, 1.807) is 6.20 Å². The molecular weight excluding hydrogens is 368 g/mol. The largest absolute Gasteiger partial charge is 0.481 e. The molecule has 27 heavy (non-hydrogen) atoms. The molecule has 1 aromatic heterocycles. The van der Waals surface area contributed by atoms with Crippen LogP contribution < -0.4 is 14.8 Å². The minimum atomic E-state index is -0.744. The molecule has 7 nitrogen and oxygen atoms in total. The second kappa shape index (κ2) is 9.36. The number of carbonyl (C=O) groups excluding carboxylic acids is 1. The number of nitrogens with one attached hydrogen (secondary N) is 1. The fraction of sp³-hybridized carbons (Fsp3) is 0.421. The van der Waals surface area contributed by atoms with Crippen LogP contribution in [0.3, 0.4) is 0 Å². The number of carbonyl (C=O) groups is 2. The average Bonchev–Trinajstić information content (AvgIpc) is 3.32. The van der Waals surface area contributed by atoms with Gasteiger partial charge in [-0.2, -0.15) is 0 Å². The molecule has 144 valence electrons. The normalized spacial score (nSPS) is 12.1. The molecule has 0 spiro atoms. The fourth-order valence-electron chi connectivity index (χ4n) is 2.76. The average molecular weight is 390 g/mol. The van der Waals surface area contributed by atoms with Crippen molar-refractivity contribution in [3.05, 3.63) is 29.3 Å². The van der Waals surface area contributed by atoms with Crippen molar-refractivity contribution in [1.82, 2.24) is 10.3 Å². The van der Waals surface area contributed by atoms with Gasteiger partial charge in [-0.3, -0.25) is 9.59 Å². The number of thiazole rings is 1. The number of ether oxygens (including phenoxy) is 2. The maximum Gasteiger partial charge on any atom is 0.303 e. The maximum atomic E-state index is 12.2. The number of hydrogen-bond acceptors (Lipinski definition) is 6. The molecule has 3 rings (SSSR count). The van der Waals surface area contributed by atoms with Crippen molar-refractivity contribution in [3.8, 4) is 22.1 Å². The SMILES string of the molecule is O=C(O)CCCCCCCNC(=O)c1cnc(-c2ccc3c(c2)OCO3)s1. The highest BCUT2D eigenvalue weighted by molar-refractivity contribution is 7.16. The molecule has 1 aliphatic rings. The number of aromatic nitrogens is 1. The number of nitrogens with zero attached hydrogens (tertiary/aromatic N) is 1. The first-order valence-corrected chi connectivity index (χ1v) is 9.81. The minimum absolute atomic E-state index is 0.120. The Kier molecular flexibility index (Phi) is 6.64. The lowest BCUT2D eigenvalue weighted by Gasteiger charge is -2.03. The summed E-state index contributed by atoms with van der Waals surface area (Å²) in [5, 5.41) is 12.2. The van der Waals surface area contributed by atoms with E-state index < -0.39 is 5.97 Å². The maximum absolute atomic E-state index is 12.2. The van der Waals surface area contributed by atoms with Crippen molar-refractivity contribution in [2.24, 2.45) is 0 Å². The molecule has 0 aliphatic carbocycles. The molecule has 0 fully saturated rings. The third-order valence-corrected chi connectivity index (χ3v) is 5.25. The van der Waals surface area contributed by atoms with E-state index in [9.17, 15) is 9.59 Å². The van der Waals surface area contributed by atoms with Crippen molar-refractivity contribution in [2.75, 3.05) is 13.3 Å². The highest BCUT2D eigenvalue weighted by atomic mass is 32.1. The first-order chi connectivity index (χ1) is 13.1.